The van der Waals surface area contributed by atoms with Crippen molar-refractivity contribution in [3.05, 3.63) is 53.6 Å². The second-order valence-corrected chi connectivity index (χ2v) is 7.00. The van der Waals surface area contributed by atoms with Gasteiger partial charge in [0.15, 0.2) is 5.17 Å². The van der Waals surface area contributed by atoms with Gasteiger partial charge in [0.1, 0.15) is 5.92 Å². The summed E-state index contributed by atoms with van der Waals surface area (Å²) in [5, 5.41) is 3.17. The number of fused-ring (bicyclic) bond motifs is 1. The molecule has 2 atom stereocenters. The molecule has 3 rings (SSSR count). The van der Waals surface area contributed by atoms with Crippen LogP contribution in [0.4, 0.5) is 5.69 Å². The highest BCUT2D eigenvalue weighted by molar-refractivity contribution is 8.15. The van der Waals surface area contributed by atoms with E-state index in [9.17, 15) is 9.59 Å². The Labute approximate surface area is 148 Å². The number of anilines is 1. The third-order valence-corrected chi connectivity index (χ3v) is 4.64. The minimum Gasteiger partial charge on any atom is -0.325 e. The van der Waals surface area contributed by atoms with Gasteiger partial charge in [-0.05, 0) is 31.2 Å². The molecule has 0 saturated carbocycles. The van der Waals surface area contributed by atoms with Gasteiger partial charge in [-0.25, -0.2) is 4.99 Å². The Morgan fingerprint density at radius 3 is 2.96 bits per heavy atom. The summed E-state index contributed by atoms with van der Waals surface area (Å²) < 4.78 is 0. The minimum absolute atomic E-state index is 0.209. The van der Waals surface area contributed by atoms with Crippen molar-refractivity contribution in [3.63, 3.8) is 0 Å². The van der Waals surface area contributed by atoms with Gasteiger partial charge in [0.25, 0.3) is 5.91 Å². The predicted octanol–water partition coefficient (Wildman–Crippen LogP) is 3.48. The van der Waals surface area contributed by atoms with E-state index in [0.717, 1.165) is 11.8 Å². The normalized spacial score (nSPS) is 20.1. The Morgan fingerprint density at radius 1 is 1.33 bits per heavy atom. The fourth-order valence-corrected chi connectivity index (χ4v) is 3.19. The molecular formula is C17H14ClN3O2S. The number of halogens is 1. The molecule has 0 fully saturated rings. The van der Waals surface area contributed by atoms with E-state index in [2.05, 4.69) is 15.3 Å². The van der Waals surface area contributed by atoms with E-state index in [1.807, 2.05) is 6.08 Å². The minimum atomic E-state index is -0.459. The standard InChI is InChI=1S/C17H14ClN3O2S/c1-10(15(22)19-12-6-4-5-11(18)9-12)24-17-20-14-8-3-2-7-13(14)16(23)21-17/h2-10,13H,1H3,(H,19,22). The molecular weight excluding hydrogens is 346 g/mol. The first kappa shape index (κ1) is 16.7. The molecule has 0 saturated heterocycles. The molecule has 1 aromatic carbocycles. The van der Waals surface area contributed by atoms with E-state index in [4.69, 9.17) is 11.6 Å². The van der Waals surface area contributed by atoms with Crippen molar-refractivity contribution in [2.75, 3.05) is 5.32 Å². The van der Waals surface area contributed by atoms with Crippen LogP contribution in [-0.2, 0) is 9.59 Å². The number of amides is 2. The third kappa shape index (κ3) is 3.83. The smallest absolute Gasteiger partial charge is 0.261 e. The van der Waals surface area contributed by atoms with Gasteiger partial charge >= 0.3 is 0 Å². The van der Waals surface area contributed by atoms with Gasteiger partial charge < -0.3 is 5.32 Å². The summed E-state index contributed by atoms with van der Waals surface area (Å²) in [6, 6.07) is 6.92. The fraction of sp³-hybridized carbons (Fsp3) is 0.176. The van der Waals surface area contributed by atoms with Crippen LogP contribution in [0.2, 0.25) is 5.02 Å². The van der Waals surface area contributed by atoms with Crippen LogP contribution in [-0.4, -0.2) is 27.9 Å². The van der Waals surface area contributed by atoms with Crippen molar-refractivity contribution in [1.82, 2.24) is 0 Å². The molecule has 0 spiro atoms. The van der Waals surface area contributed by atoms with Crippen molar-refractivity contribution in [1.29, 1.82) is 0 Å². The number of hydrogen-bond donors (Lipinski definition) is 1. The molecule has 0 aromatic heterocycles. The lowest BCUT2D eigenvalue weighted by molar-refractivity contribution is -0.118. The number of thioether (sulfide) groups is 1. The van der Waals surface area contributed by atoms with Crippen LogP contribution >= 0.6 is 23.4 Å². The first-order chi connectivity index (χ1) is 11.5. The Bertz CT molecular complexity index is 814. The molecule has 0 bridgehead atoms. The molecule has 1 heterocycles. The van der Waals surface area contributed by atoms with E-state index < -0.39 is 11.2 Å². The summed E-state index contributed by atoms with van der Waals surface area (Å²) >= 11 is 7.05. The van der Waals surface area contributed by atoms with Crippen molar-refractivity contribution in [2.45, 2.75) is 12.2 Å². The summed E-state index contributed by atoms with van der Waals surface area (Å²) in [6.07, 6.45) is 7.18. The largest absolute Gasteiger partial charge is 0.325 e. The number of amidine groups is 1. The van der Waals surface area contributed by atoms with Crippen LogP contribution in [0, 0.1) is 5.92 Å². The predicted molar refractivity (Wildman–Crippen MR) is 98.8 cm³/mol. The Morgan fingerprint density at radius 2 is 2.17 bits per heavy atom. The second kappa shape index (κ2) is 7.15. The molecule has 122 valence electrons. The number of hydrogen-bond acceptors (Lipinski definition) is 4. The van der Waals surface area contributed by atoms with Gasteiger partial charge in [0.2, 0.25) is 5.91 Å². The molecule has 2 aliphatic rings. The molecule has 5 nitrogen and oxygen atoms in total. The highest BCUT2D eigenvalue weighted by Gasteiger charge is 2.28. The second-order valence-electron chi connectivity index (χ2n) is 5.25. The summed E-state index contributed by atoms with van der Waals surface area (Å²) in [7, 11) is 0. The van der Waals surface area contributed by atoms with Gasteiger partial charge in [-0.15, -0.1) is 0 Å². The first-order valence-corrected chi connectivity index (χ1v) is 8.58. The molecule has 2 amide bonds. The van der Waals surface area contributed by atoms with Crippen LogP contribution in [0.1, 0.15) is 6.92 Å². The summed E-state index contributed by atoms with van der Waals surface area (Å²) in [5.74, 6) is -0.876. The zero-order valence-electron chi connectivity index (χ0n) is 12.8. The zero-order chi connectivity index (χ0) is 17.1. The first-order valence-electron chi connectivity index (χ1n) is 7.32. The monoisotopic (exact) mass is 359 g/mol. The van der Waals surface area contributed by atoms with Gasteiger partial charge in [-0.2, -0.15) is 4.99 Å². The summed E-state index contributed by atoms with van der Waals surface area (Å²) in [6.45, 7) is 1.74. The average Bonchev–Trinajstić information content (AvgIpc) is 2.55. The zero-order valence-corrected chi connectivity index (χ0v) is 14.3. The lowest BCUT2D eigenvalue weighted by Gasteiger charge is -2.18. The Kier molecular flexibility index (Phi) is 4.97. The number of nitrogens with zero attached hydrogens (tertiary/aromatic N) is 2. The van der Waals surface area contributed by atoms with Crippen molar-refractivity contribution in [2.24, 2.45) is 15.9 Å². The number of carbonyl (C=O) groups is 2. The fourth-order valence-electron chi connectivity index (χ4n) is 2.22. The maximum atomic E-state index is 12.3. The molecule has 24 heavy (non-hydrogen) atoms. The van der Waals surface area contributed by atoms with Crippen molar-refractivity contribution < 1.29 is 9.59 Å². The maximum Gasteiger partial charge on any atom is 0.261 e. The van der Waals surface area contributed by atoms with Crippen molar-refractivity contribution >= 4 is 51.7 Å². The molecule has 1 aliphatic heterocycles. The quantitative estimate of drug-likeness (QED) is 0.898. The Hall–Kier alpha value is -2.18. The maximum absolute atomic E-state index is 12.3. The van der Waals surface area contributed by atoms with Gasteiger partial charge in [-0.1, -0.05) is 47.7 Å². The number of benzene rings is 1. The molecule has 1 aromatic rings. The SMILES string of the molecule is CC(SC1=NC(=O)C2C=CC=CC2=N1)C(=O)Nc1cccc(Cl)c1. The third-order valence-electron chi connectivity index (χ3n) is 3.44. The number of aliphatic imine (C=N–C) groups is 2. The van der Waals surface area contributed by atoms with Gasteiger partial charge in [0.05, 0.1) is 11.0 Å². The van der Waals surface area contributed by atoms with E-state index >= 15 is 0 Å². The highest BCUT2D eigenvalue weighted by Crippen LogP contribution is 2.24. The molecule has 0 radical (unpaired) electrons. The van der Waals surface area contributed by atoms with Crippen molar-refractivity contribution in [3.8, 4) is 0 Å². The van der Waals surface area contributed by atoms with Gasteiger partial charge in [-0.3, -0.25) is 9.59 Å². The summed E-state index contributed by atoms with van der Waals surface area (Å²) in [5.41, 5.74) is 1.27. The molecule has 7 heteroatoms. The number of carbonyl (C=O) groups excluding carboxylic acids is 2. The van der Waals surface area contributed by atoms with Gasteiger partial charge in [0, 0.05) is 10.7 Å². The van der Waals surface area contributed by atoms with E-state index in [1.165, 1.54) is 0 Å². The topological polar surface area (TPSA) is 70.9 Å². The molecule has 2 unspecified atom stereocenters. The average molecular weight is 360 g/mol. The number of rotatable bonds is 3. The van der Waals surface area contributed by atoms with E-state index in [1.54, 1.807) is 49.4 Å². The van der Waals surface area contributed by atoms with E-state index in [0.29, 0.717) is 21.6 Å². The molecule has 1 aliphatic carbocycles. The van der Waals surface area contributed by atoms with Crippen LogP contribution in [0.25, 0.3) is 0 Å². The number of allylic oxidation sites excluding steroid dienone is 3. The lowest BCUT2D eigenvalue weighted by atomic mass is 9.97. The van der Waals surface area contributed by atoms with Crippen LogP contribution < -0.4 is 5.32 Å². The van der Waals surface area contributed by atoms with Crippen LogP contribution in [0.15, 0.2) is 58.6 Å². The van der Waals surface area contributed by atoms with E-state index in [-0.39, 0.29) is 11.8 Å². The van der Waals surface area contributed by atoms with Crippen LogP contribution in [0.3, 0.4) is 0 Å². The Balaban J connectivity index is 1.66. The lowest BCUT2D eigenvalue weighted by Crippen LogP contribution is -2.28. The highest BCUT2D eigenvalue weighted by atomic mass is 35.5. The number of nitrogens with one attached hydrogen (secondary N) is 1. The van der Waals surface area contributed by atoms with Crippen LogP contribution in [0.5, 0.6) is 0 Å². The molecule has 1 N–H and O–H groups in total. The summed E-state index contributed by atoms with van der Waals surface area (Å²) in [4.78, 5) is 32.7.